The molecule has 0 spiro atoms. The van der Waals surface area contributed by atoms with E-state index in [4.69, 9.17) is 10.5 Å². The van der Waals surface area contributed by atoms with Gasteiger partial charge in [0.1, 0.15) is 5.75 Å². The van der Waals surface area contributed by atoms with E-state index in [1.807, 2.05) is 12.1 Å². The molecular weight excluding hydrogens is 248 g/mol. The second kappa shape index (κ2) is 6.59. The van der Waals surface area contributed by atoms with E-state index in [0.29, 0.717) is 6.54 Å². The number of rotatable bonds is 7. The first kappa shape index (κ1) is 17.0. The molecule has 1 rings (SSSR count). The maximum Gasteiger partial charge on any atom is 0.118 e. The summed E-state index contributed by atoms with van der Waals surface area (Å²) in [7, 11) is 3.87. The van der Waals surface area contributed by atoms with Gasteiger partial charge in [-0.1, -0.05) is 19.1 Å². The van der Waals surface area contributed by atoms with Gasteiger partial charge in [-0.3, -0.25) is 4.90 Å². The van der Waals surface area contributed by atoms with Crippen molar-refractivity contribution in [2.24, 2.45) is 5.73 Å². The number of benzene rings is 1. The number of nitrogens with two attached hydrogens (primary N) is 1. The molecule has 0 amide bonds. The van der Waals surface area contributed by atoms with Crippen molar-refractivity contribution in [2.45, 2.75) is 51.6 Å². The summed E-state index contributed by atoms with van der Waals surface area (Å²) in [6, 6.07) is 8.27. The van der Waals surface area contributed by atoms with Crippen LogP contribution in [0, 0.1) is 0 Å². The molecule has 1 aromatic rings. The van der Waals surface area contributed by atoms with Gasteiger partial charge in [0.15, 0.2) is 0 Å². The monoisotopic (exact) mass is 278 g/mol. The Morgan fingerprint density at radius 1 is 1.15 bits per heavy atom. The second-order valence-corrected chi connectivity index (χ2v) is 6.45. The van der Waals surface area contributed by atoms with Crippen LogP contribution in [0.4, 0.5) is 0 Å². The molecule has 3 heteroatoms. The molecule has 0 saturated heterocycles. The van der Waals surface area contributed by atoms with Crippen molar-refractivity contribution in [3.8, 4) is 5.75 Å². The smallest absolute Gasteiger partial charge is 0.118 e. The Labute approximate surface area is 124 Å². The Balaban J connectivity index is 2.93. The highest BCUT2D eigenvalue weighted by Crippen LogP contribution is 2.28. The van der Waals surface area contributed by atoms with Crippen LogP contribution >= 0.6 is 0 Å². The van der Waals surface area contributed by atoms with Crippen molar-refractivity contribution in [2.75, 3.05) is 20.7 Å². The molecule has 2 N–H and O–H groups in total. The lowest BCUT2D eigenvalue weighted by Crippen LogP contribution is -2.59. The third-order valence-electron chi connectivity index (χ3n) is 4.77. The summed E-state index contributed by atoms with van der Waals surface area (Å²) >= 11 is 0. The van der Waals surface area contributed by atoms with Gasteiger partial charge >= 0.3 is 0 Å². The zero-order valence-electron chi connectivity index (χ0n) is 13.9. The minimum absolute atomic E-state index is 0.0475. The molecule has 0 aliphatic carbocycles. The molecular formula is C17H30N2O. The number of ether oxygens (including phenoxy) is 1. The average molecular weight is 278 g/mol. The van der Waals surface area contributed by atoms with Crippen LogP contribution in [0.2, 0.25) is 0 Å². The van der Waals surface area contributed by atoms with Crippen molar-refractivity contribution < 1.29 is 4.74 Å². The molecule has 114 valence electrons. The Morgan fingerprint density at radius 2 is 1.70 bits per heavy atom. The van der Waals surface area contributed by atoms with Crippen LogP contribution in [0.5, 0.6) is 5.75 Å². The van der Waals surface area contributed by atoms with Crippen LogP contribution in [-0.2, 0) is 6.42 Å². The normalized spacial score (nSPS) is 15.2. The van der Waals surface area contributed by atoms with Crippen molar-refractivity contribution in [1.82, 2.24) is 4.90 Å². The van der Waals surface area contributed by atoms with Gasteiger partial charge in [-0.2, -0.15) is 0 Å². The fourth-order valence-electron chi connectivity index (χ4n) is 2.48. The van der Waals surface area contributed by atoms with E-state index in [0.717, 1.165) is 18.6 Å². The Bertz CT molecular complexity index is 414. The van der Waals surface area contributed by atoms with Gasteiger partial charge in [0, 0.05) is 17.6 Å². The van der Waals surface area contributed by atoms with E-state index in [-0.39, 0.29) is 11.1 Å². The standard InChI is InChI=1S/C17H30N2O/c1-7-16(2,3)19(5)17(4,13-18)12-14-8-10-15(20-6)11-9-14/h8-11H,7,12-13,18H2,1-6H3. The number of hydrogen-bond donors (Lipinski definition) is 1. The van der Waals surface area contributed by atoms with E-state index in [9.17, 15) is 0 Å². The van der Waals surface area contributed by atoms with Gasteiger partial charge < -0.3 is 10.5 Å². The quantitative estimate of drug-likeness (QED) is 0.833. The molecule has 1 atom stereocenters. The average Bonchev–Trinajstić information content (AvgIpc) is 2.47. The third-order valence-corrected chi connectivity index (χ3v) is 4.77. The molecule has 0 aliphatic rings. The van der Waals surface area contributed by atoms with Crippen LogP contribution < -0.4 is 10.5 Å². The minimum atomic E-state index is -0.0475. The summed E-state index contributed by atoms with van der Waals surface area (Å²) in [6.07, 6.45) is 2.04. The van der Waals surface area contributed by atoms with Crippen molar-refractivity contribution in [3.05, 3.63) is 29.8 Å². The minimum Gasteiger partial charge on any atom is -0.497 e. The summed E-state index contributed by atoms with van der Waals surface area (Å²) in [5.41, 5.74) is 7.48. The molecule has 1 aromatic carbocycles. The molecule has 0 fully saturated rings. The van der Waals surface area contributed by atoms with Crippen LogP contribution in [-0.4, -0.2) is 36.7 Å². The van der Waals surface area contributed by atoms with E-state index in [1.54, 1.807) is 7.11 Å². The molecule has 20 heavy (non-hydrogen) atoms. The SMILES string of the molecule is CCC(C)(C)N(C)C(C)(CN)Cc1ccc(OC)cc1. The first-order valence-corrected chi connectivity index (χ1v) is 7.36. The Hall–Kier alpha value is -1.06. The number of likely N-dealkylation sites (N-methyl/N-ethyl adjacent to an activating group) is 1. The first-order chi connectivity index (χ1) is 9.29. The van der Waals surface area contributed by atoms with Gasteiger partial charge in [-0.05, 0) is 58.4 Å². The number of methoxy groups -OCH3 is 1. The highest BCUT2D eigenvalue weighted by molar-refractivity contribution is 5.28. The van der Waals surface area contributed by atoms with Gasteiger partial charge in [0.25, 0.3) is 0 Å². The molecule has 0 bridgehead atoms. The maximum absolute atomic E-state index is 6.10. The summed E-state index contributed by atoms with van der Waals surface area (Å²) in [5.74, 6) is 0.894. The highest BCUT2D eigenvalue weighted by atomic mass is 16.5. The largest absolute Gasteiger partial charge is 0.497 e. The lowest BCUT2D eigenvalue weighted by molar-refractivity contribution is 0.0355. The Morgan fingerprint density at radius 3 is 2.10 bits per heavy atom. The fourth-order valence-corrected chi connectivity index (χ4v) is 2.48. The lowest BCUT2D eigenvalue weighted by Gasteiger charge is -2.48. The van der Waals surface area contributed by atoms with E-state index >= 15 is 0 Å². The summed E-state index contributed by atoms with van der Waals surface area (Å²) < 4.78 is 5.21. The van der Waals surface area contributed by atoms with Crippen LogP contribution in [0.3, 0.4) is 0 Å². The molecule has 0 saturated carbocycles. The molecule has 0 aliphatic heterocycles. The topological polar surface area (TPSA) is 38.5 Å². The summed E-state index contributed by atoms with van der Waals surface area (Å²) in [5, 5.41) is 0. The first-order valence-electron chi connectivity index (χ1n) is 7.36. The predicted molar refractivity (Wildman–Crippen MR) is 86.3 cm³/mol. The molecule has 1 unspecified atom stereocenters. The van der Waals surface area contributed by atoms with Gasteiger partial charge in [0.05, 0.1) is 7.11 Å². The second-order valence-electron chi connectivity index (χ2n) is 6.45. The molecule has 3 nitrogen and oxygen atoms in total. The zero-order chi connectivity index (χ0) is 15.4. The number of hydrogen-bond acceptors (Lipinski definition) is 3. The van der Waals surface area contributed by atoms with Crippen LogP contribution in [0.1, 0.15) is 39.7 Å². The maximum atomic E-state index is 6.10. The molecule has 0 radical (unpaired) electrons. The lowest BCUT2D eigenvalue weighted by atomic mass is 9.86. The van der Waals surface area contributed by atoms with Gasteiger partial charge in [-0.15, -0.1) is 0 Å². The predicted octanol–water partition coefficient (Wildman–Crippen LogP) is 3.08. The third kappa shape index (κ3) is 3.74. The van der Waals surface area contributed by atoms with Gasteiger partial charge in [-0.25, -0.2) is 0 Å². The van der Waals surface area contributed by atoms with E-state index in [2.05, 4.69) is 51.8 Å². The zero-order valence-corrected chi connectivity index (χ0v) is 13.9. The Kier molecular flexibility index (Phi) is 5.60. The van der Waals surface area contributed by atoms with E-state index in [1.165, 1.54) is 5.56 Å². The highest BCUT2D eigenvalue weighted by Gasteiger charge is 2.36. The van der Waals surface area contributed by atoms with Crippen molar-refractivity contribution in [1.29, 1.82) is 0 Å². The molecule has 0 aromatic heterocycles. The fraction of sp³-hybridized carbons (Fsp3) is 0.647. The van der Waals surface area contributed by atoms with Crippen LogP contribution in [0.25, 0.3) is 0 Å². The van der Waals surface area contributed by atoms with E-state index < -0.39 is 0 Å². The summed E-state index contributed by atoms with van der Waals surface area (Å²) in [4.78, 5) is 2.42. The summed E-state index contributed by atoms with van der Waals surface area (Å²) in [6.45, 7) is 9.65. The van der Waals surface area contributed by atoms with Crippen LogP contribution in [0.15, 0.2) is 24.3 Å². The van der Waals surface area contributed by atoms with Crippen molar-refractivity contribution in [3.63, 3.8) is 0 Å². The number of nitrogens with zero attached hydrogens (tertiary/aromatic N) is 1. The molecule has 0 heterocycles. The van der Waals surface area contributed by atoms with Gasteiger partial charge in [0.2, 0.25) is 0 Å². The van der Waals surface area contributed by atoms with Crippen molar-refractivity contribution >= 4 is 0 Å².